The van der Waals surface area contributed by atoms with Crippen LogP contribution in [0.25, 0.3) is 0 Å². The number of benzene rings is 1. The number of nitrogens with zero attached hydrogens (tertiary/aromatic N) is 1. The van der Waals surface area contributed by atoms with Crippen LogP contribution in [0.2, 0.25) is 10.0 Å². The first kappa shape index (κ1) is 22.4. The Kier molecular flexibility index (Phi) is 8.27. The van der Waals surface area contributed by atoms with Crippen molar-refractivity contribution in [3.8, 4) is 0 Å². The minimum atomic E-state index is -0.728. The number of nitrogens with one attached hydrogen (secondary N) is 3. The Morgan fingerprint density at radius 1 is 1.24 bits per heavy atom. The van der Waals surface area contributed by atoms with E-state index in [1.54, 1.807) is 36.2 Å². The topological polar surface area (TPSA) is 83.1 Å². The number of hydrogen-bond donors (Lipinski definition) is 3. The number of carbonyl (C=O) groups is 2. The molecule has 0 spiro atoms. The van der Waals surface area contributed by atoms with Crippen LogP contribution in [-0.4, -0.2) is 57.4 Å². The number of thioether (sulfide) groups is 1. The maximum atomic E-state index is 12.9. The molecule has 0 bridgehead atoms. The van der Waals surface area contributed by atoms with Crippen molar-refractivity contribution in [2.75, 3.05) is 11.6 Å². The molecular formula is C19H21AsCl2N4O2S. The molecule has 3 N–H and O–H groups in total. The average molecular weight is 515 g/mol. The Morgan fingerprint density at radius 2 is 2.03 bits per heavy atom. The van der Waals surface area contributed by atoms with Crippen LogP contribution in [0.1, 0.15) is 11.1 Å². The number of amides is 2. The minimum absolute atomic E-state index is 0.186. The molecule has 1 saturated heterocycles. The van der Waals surface area contributed by atoms with E-state index in [0.29, 0.717) is 28.8 Å². The molecule has 29 heavy (non-hydrogen) atoms. The molecule has 1 aromatic heterocycles. The summed E-state index contributed by atoms with van der Waals surface area (Å²) in [5, 5.41) is 9.73. The van der Waals surface area contributed by atoms with Crippen molar-refractivity contribution in [1.82, 2.24) is 20.9 Å². The fraction of sp³-hybridized carbons (Fsp3) is 0.316. The summed E-state index contributed by atoms with van der Waals surface area (Å²) in [4.78, 5) is 29.7. The van der Waals surface area contributed by atoms with Crippen LogP contribution in [0.15, 0.2) is 36.5 Å². The van der Waals surface area contributed by atoms with E-state index in [-0.39, 0.29) is 17.9 Å². The number of pyridine rings is 1. The second-order valence-electron chi connectivity index (χ2n) is 6.59. The van der Waals surface area contributed by atoms with Gasteiger partial charge in [-0.25, -0.2) is 0 Å². The predicted molar refractivity (Wildman–Crippen MR) is 121 cm³/mol. The number of aromatic nitrogens is 1. The van der Waals surface area contributed by atoms with Crippen LogP contribution in [-0.2, 0) is 22.6 Å². The van der Waals surface area contributed by atoms with Crippen LogP contribution >= 0.6 is 35.0 Å². The number of hydrogen-bond acceptors (Lipinski definition) is 5. The van der Waals surface area contributed by atoms with E-state index in [0.717, 1.165) is 21.5 Å². The molecule has 10 heteroatoms. The van der Waals surface area contributed by atoms with Crippen molar-refractivity contribution in [3.63, 3.8) is 0 Å². The van der Waals surface area contributed by atoms with Gasteiger partial charge in [-0.05, 0) is 0 Å². The van der Waals surface area contributed by atoms with Gasteiger partial charge in [0.25, 0.3) is 0 Å². The normalized spacial score (nSPS) is 17.0. The summed E-state index contributed by atoms with van der Waals surface area (Å²) in [5.41, 5.74) is 1.71. The molecule has 3 atom stereocenters. The van der Waals surface area contributed by atoms with E-state index in [9.17, 15) is 9.59 Å². The molecule has 2 aromatic rings. The summed E-state index contributed by atoms with van der Waals surface area (Å²) in [6, 6.07) is 8.02. The van der Waals surface area contributed by atoms with Gasteiger partial charge in [0.2, 0.25) is 0 Å². The van der Waals surface area contributed by atoms with Crippen LogP contribution in [0.4, 0.5) is 0 Å². The number of halogens is 2. The van der Waals surface area contributed by atoms with Gasteiger partial charge >= 0.3 is 147 Å². The molecule has 6 nitrogen and oxygen atoms in total. The van der Waals surface area contributed by atoms with Gasteiger partial charge in [-0.15, -0.1) is 11.8 Å². The summed E-state index contributed by atoms with van der Waals surface area (Å²) in [6.07, 6.45) is 2.05. The molecule has 1 aromatic carbocycles. The molecule has 1 aliphatic heterocycles. The number of rotatable bonds is 7. The van der Waals surface area contributed by atoms with Gasteiger partial charge in [-0.1, -0.05) is 23.2 Å². The predicted octanol–water partition coefficient (Wildman–Crippen LogP) is 0.653. The van der Waals surface area contributed by atoms with Crippen LogP contribution in [0, 0.1) is 0 Å². The molecule has 1 aliphatic rings. The standard InChI is InChI=1S/C19H21AsCl2N4O2S/c20-17-4-2-12(7-23-17)8-24-18(27)15(26-19(28)16-9-29-10-25-16)6-11-1-3-13(21)14(22)5-11/h1-5,7,15-16,25H,6,8-10,20H2,(H,24,27)(H,26,28)/t15-,16+/m0/s1. The number of carbonyl (C=O) groups excluding carboxylic acids is 2. The quantitative estimate of drug-likeness (QED) is 0.472. The van der Waals surface area contributed by atoms with Crippen molar-refractivity contribution in [2.24, 2.45) is 0 Å². The van der Waals surface area contributed by atoms with Crippen molar-refractivity contribution >= 4 is 68.1 Å². The molecule has 1 fully saturated rings. The van der Waals surface area contributed by atoms with Crippen LogP contribution in [0.5, 0.6) is 0 Å². The first-order chi connectivity index (χ1) is 13.9. The van der Waals surface area contributed by atoms with E-state index >= 15 is 0 Å². The van der Waals surface area contributed by atoms with Gasteiger partial charge in [0.05, 0.1) is 5.02 Å². The summed E-state index contributed by atoms with van der Waals surface area (Å²) >= 11 is 15.2. The van der Waals surface area contributed by atoms with E-state index < -0.39 is 6.04 Å². The van der Waals surface area contributed by atoms with Gasteiger partial charge < -0.3 is 0 Å². The van der Waals surface area contributed by atoms with Gasteiger partial charge in [0.15, 0.2) is 0 Å². The SMILES string of the molecule is O=C(NCc1ccc([AsH2])nc1)[C@H](Cc1ccc(Cl)c(Cl)c1)NC(=O)[C@H]1CSCN1. The van der Waals surface area contributed by atoms with Crippen LogP contribution in [0.3, 0.4) is 0 Å². The van der Waals surface area contributed by atoms with Crippen LogP contribution < -0.4 is 20.4 Å². The van der Waals surface area contributed by atoms with E-state index in [2.05, 4.69) is 20.9 Å². The van der Waals surface area contributed by atoms with Gasteiger partial charge in [0, 0.05) is 5.88 Å². The Labute approximate surface area is 192 Å². The first-order valence-electron chi connectivity index (χ1n) is 8.96. The van der Waals surface area contributed by atoms with Gasteiger partial charge in [-0.2, -0.15) is 0 Å². The van der Waals surface area contributed by atoms with Crippen molar-refractivity contribution in [1.29, 1.82) is 0 Å². The Balaban J connectivity index is 1.69. The summed E-state index contributed by atoms with van der Waals surface area (Å²) in [6.45, 7) is 0.338. The molecule has 0 radical (unpaired) electrons. The molecular weight excluding hydrogens is 494 g/mol. The third-order valence-electron chi connectivity index (χ3n) is 4.40. The summed E-state index contributed by atoms with van der Waals surface area (Å²) < 4.78 is 0.972. The van der Waals surface area contributed by atoms with Gasteiger partial charge in [-0.3, -0.25) is 0 Å². The zero-order chi connectivity index (χ0) is 20.8. The summed E-state index contributed by atoms with van der Waals surface area (Å²) in [7, 11) is 0. The minimum Gasteiger partial charge on any atom is -0.144 e. The van der Waals surface area contributed by atoms with E-state index in [1.165, 1.54) is 16.9 Å². The molecule has 0 aliphatic carbocycles. The fourth-order valence-electron chi connectivity index (χ4n) is 2.80. The fourth-order valence-corrected chi connectivity index (χ4v) is 4.42. The maximum absolute atomic E-state index is 12.9. The zero-order valence-corrected chi connectivity index (χ0v) is 20.2. The molecule has 1 unspecified atom stereocenters. The van der Waals surface area contributed by atoms with Crippen molar-refractivity contribution < 1.29 is 9.59 Å². The second-order valence-corrected chi connectivity index (χ2v) is 9.68. The van der Waals surface area contributed by atoms with Crippen molar-refractivity contribution in [2.45, 2.75) is 25.0 Å². The third-order valence-corrected chi connectivity index (χ3v) is 6.80. The Morgan fingerprint density at radius 3 is 2.69 bits per heavy atom. The van der Waals surface area contributed by atoms with Crippen molar-refractivity contribution in [3.05, 3.63) is 57.7 Å². The Hall–Kier alpha value is -1.24. The third kappa shape index (κ3) is 6.62. The smallest absolute Gasteiger partial charge is 0.144 e. The second kappa shape index (κ2) is 10.7. The molecule has 2 heterocycles. The van der Waals surface area contributed by atoms with Gasteiger partial charge in [0.1, 0.15) is 0 Å². The van der Waals surface area contributed by atoms with E-state index in [1.807, 2.05) is 12.1 Å². The first-order valence-corrected chi connectivity index (χ1v) is 12.1. The molecule has 0 saturated carbocycles. The summed E-state index contributed by atoms with van der Waals surface area (Å²) in [5.74, 6) is 0.960. The zero-order valence-electron chi connectivity index (χ0n) is 15.5. The molecule has 3 rings (SSSR count). The Bertz CT molecular complexity index is 879. The monoisotopic (exact) mass is 514 g/mol. The molecule has 2 amide bonds. The molecule has 154 valence electrons. The average Bonchev–Trinajstić information content (AvgIpc) is 3.24. The van der Waals surface area contributed by atoms with E-state index in [4.69, 9.17) is 23.2 Å².